The largest absolute Gasteiger partial charge is 0.493 e. The molecule has 7 nitrogen and oxygen atoms in total. The molecule has 0 bridgehead atoms. The van der Waals surface area contributed by atoms with Crippen molar-refractivity contribution in [2.24, 2.45) is 5.92 Å². The number of methoxy groups -OCH3 is 2. The van der Waals surface area contributed by atoms with Crippen LogP contribution in [0.15, 0.2) is 48.5 Å². The highest BCUT2D eigenvalue weighted by molar-refractivity contribution is 6.07. The van der Waals surface area contributed by atoms with Crippen molar-refractivity contribution in [1.29, 1.82) is 0 Å². The highest BCUT2D eigenvalue weighted by Gasteiger charge is 2.33. The maximum absolute atomic E-state index is 13.8. The topological polar surface area (TPSA) is 70.1 Å². The van der Waals surface area contributed by atoms with Crippen molar-refractivity contribution in [1.82, 2.24) is 9.88 Å². The number of likely N-dealkylation sites (tertiary alicyclic amines) is 1. The van der Waals surface area contributed by atoms with Gasteiger partial charge in [0.05, 0.1) is 44.2 Å². The first-order valence-corrected chi connectivity index (χ1v) is 11.3. The van der Waals surface area contributed by atoms with Crippen molar-refractivity contribution in [2.45, 2.75) is 19.1 Å². The molecule has 2 saturated heterocycles. The van der Waals surface area contributed by atoms with Crippen molar-refractivity contribution in [3.63, 3.8) is 0 Å². The van der Waals surface area contributed by atoms with Gasteiger partial charge in [-0.25, -0.2) is 4.98 Å². The molecule has 0 saturated carbocycles. The van der Waals surface area contributed by atoms with Crippen molar-refractivity contribution >= 4 is 16.8 Å². The number of fused-ring (bicyclic) bond motifs is 1. The van der Waals surface area contributed by atoms with Crippen LogP contribution in [0, 0.1) is 5.92 Å². The minimum absolute atomic E-state index is 0.0121. The number of amides is 1. The molecule has 5 rings (SSSR count). The summed E-state index contributed by atoms with van der Waals surface area (Å²) < 4.78 is 22.3. The molecular formula is C26H28N2O5. The first kappa shape index (κ1) is 21.7. The summed E-state index contributed by atoms with van der Waals surface area (Å²) >= 11 is 0. The van der Waals surface area contributed by atoms with Crippen LogP contribution in [0.5, 0.6) is 11.5 Å². The number of carbonyl (C=O) groups is 1. The van der Waals surface area contributed by atoms with Crippen LogP contribution in [0.2, 0.25) is 0 Å². The molecule has 2 aliphatic rings. The summed E-state index contributed by atoms with van der Waals surface area (Å²) in [5, 5.41) is 0.849. The molecule has 33 heavy (non-hydrogen) atoms. The zero-order valence-corrected chi connectivity index (χ0v) is 19.0. The molecule has 1 amide bonds. The third kappa shape index (κ3) is 4.26. The predicted molar refractivity (Wildman–Crippen MR) is 125 cm³/mol. The molecule has 0 N–H and O–H groups in total. The van der Waals surface area contributed by atoms with Crippen LogP contribution < -0.4 is 9.47 Å². The molecule has 1 atom stereocenters. The van der Waals surface area contributed by atoms with Gasteiger partial charge in [-0.05, 0) is 43.2 Å². The second kappa shape index (κ2) is 9.37. The molecule has 3 heterocycles. The number of hydrogen-bond acceptors (Lipinski definition) is 6. The molecular weight excluding hydrogens is 420 g/mol. The Morgan fingerprint density at radius 2 is 1.82 bits per heavy atom. The third-order valence-corrected chi connectivity index (χ3v) is 6.40. The number of aromatic nitrogens is 1. The third-order valence-electron chi connectivity index (χ3n) is 6.40. The number of benzene rings is 2. The molecule has 7 heteroatoms. The van der Waals surface area contributed by atoms with E-state index in [0.717, 1.165) is 35.9 Å². The van der Waals surface area contributed by atoms with Gasteiger partial charge in [-0.3, -0.25) is 4.79 Å². The van der Waals surface area contributed by atoms with E-state index in [2.05, 4.69) is 0 Å². The number of piperidine rings is 1. The molecule has 2 fully saturated rings. The van der Waals surface area contributed by atoms with Gasteiger partial charge in [-0.2, -0.15) is 0 Å². The quantitative estimate of drug-likeness (QED) is 0.584. The van der Waals surface area contributed by atoms with E-state index in [1.807, 2.05) is 53.4 Å². The summed E-state index contributed by atoms with van der Waals surface area (Å²) in [7, 11) is 3.21. The number of ether oxygens (including phenoxy) is 4. The van der Waals surface area contributed by atoms with Gasteiger partial charge >= 0.3 is 0 Å². The standard InChI is InChI=1S/C26H28N2O5/c1-30-23-10-9-17(14-24(23)31-2)22-15-20(19-7-3-4-8-21(19)27-22)25(29)28-11-5-6-18(16-28)26-32-12-13-33-26/h3-4,7-10,14-15,18,26H,5-6,11-13,16H2,1-2H3. The second-order valence-electron chi connectivity index (χ2n) is 8.41. The fourth-order valence-electron chi connectivity index (χ4n) is 4.73. The van der Waals surface area contributed by atoms with Crippen molar-refractivity contribution in [3.05, 3.63) is 54.1 Å². The Bertz CT molecular complexity index is 1160. The van der Waals surface area contributed by atoms with Crippen LogP contribution in [0.3, 0.4) is 0 Å². The van der Waals surface area contributed by atoms with Gasteiger partial charge < -0.3 is 23.8 Å². The van der Waals surface area contributed by atoms with Gasteiger partial charge in [0.2, 0.25) is 0 Å². The van der Waals surface area contributed by atoms with Gasteiger partial charge in [0.25, 0.3) is 5.91 Å². The van der Waals surface area contributed by atoms with Gasteiger partial charge in [0, 0.05) is 30.0 Å². The van der Waals surface area contributed by atoms with E-state index in [9.17, 15) is 4.79 Å². The van der Waals surface area contributed by atoms with Crippen LogP contribution in [0.1, 0.15) is 23.2 Å². The van der Waals surface area contributed by atoms with E-state index in [4.69, 9.17) is 23.9 Å². The predicted octanol–water partition coefficient (Wildman–Crippen LogP) is 4.14. The van der Waals surface area contributed by atoms with E-state index < -0.39 is 0 Å². The minimum atomic E-state index is -0.211. The molecule has 0 spiro atoms. The lowest BCUT2D eigenvalue weighted by Crippen LogP contribution is -2.43. The Morgan fingerprint density at radius 3 is 2.61 bits per heavy atom. The van der Waals surface area contributed by atoms with Crippen molar-refractivity contribution in [2.75, 3.05) is 40.5 Å². The second-order valence-corrected chi connectivity index (χ2v) is 8.41. The van der Waals surface area contributed by atoms with Gasteiger partial charge in [0.1, 0.15) is 0 Å². The van der Waals surface area contributed by atoms with Crippen molar-refractivity contribution < 1.29 is 23.7 Å². The number of pyridine rings is 1. The van der Waals surface area contributed by atoms with E-state index in [0.29, 0.717) is 42.5 Å². The summed E-state index contributed by atoms with van der Waals surface area (Å²) in [6.07, 6.45) is 1.73. The number of rotatable bonds is 5. The fraction of sp³-hybridized carbons (Fsp3) is 0.385. The van der Waals surface area contributed by atoms with Crippen LogP contribution in [0.25, 0.3) is 22.2 Å². The molecule has 172 valence electrons. The van der Waals surface area contributed by atoms with Crippen molar-refractivity contribution in [3.8, 4) is 22.8 Å². The molecule has 0 radical (unpaired) electrons. The van der Waals surface area contributed by atoms with Gasteiger partial charge in [-0.15, -0.1) is 0 Å². The SMILES string of the molecule is COc1ccc(-c2cc(C(=O)N3CCCC(C4OCCO4)C3)c3ccccc3n2)cc1OC. The van der Waals surface area contributed by atoms with Crippen LogP contribution >= 0.6 is 0 Å². The smallest absolute Gasteiger partial charge is 0.254 e. The highest BCUT2D eigenvalue weighted by Crippen LogP contribution is 2.34. The average molecular weight is 449 g/mol. The maximum atomic E-state index is 13.8. The first-order valence-electron chi connectivity index (χ1n) is 11.3. The Labute approximate surface area is 193 Å². The summed E-state index contributed by atoms with van der Waals surface area (Å²) in [6, 6.07) is 15.3. The lowest BCUT2D eigenvalue weighted by Gasteiger charge is -2.35. The summed E-state index contributed by atoms with van der Waals surface area (Å²) in [5.41, 5.74) is 3.01. The average Bonchev–Trinajstić information content (AvgIpc) is 3.42. The lowest BCUT2D eigenvalue weighted by atomic mass is 9.96. The molecule has 0 aliphatic carbocycles. The van der Waals surface area contributed by atoms with Crippen LogP contribution in [-0.2, 0) is 9.47 Å². The van der Waals surface area contributed by atoms with E-state index >= 15 is 0 Å². The maximum Gasteiger partial charge on any atom is 0.254 e. The summed E-state index contributed by atoms with van der Waals surface area (Å²) in [5.74, 6) is 1.48. The lowest BCUT2D eigenvalue weighted by molar-refractivity contribution is -0.0969. The van der Waals surface area contributed by atoms with Gasteiger partial charge in [-0.1, -0.05) is 18.2 Å². The molecule has 2 aliphatic heterocycles. The van der Waals surface area contributed by atoms with Gasteiger partial charge in [0.15, 0.2) is 17.8 Å². The summed E-state index contributed by atoms with van der Waals surface area (Å²) in [4.78, 5) is 20.5. The zero-order valence-electron chi connectivity index (χ0n) is 19.0. The molecule has 1 unspecified atom stereocenters. The number of hydrogen-bond donors (Lipinski definition) is 0. The number of nitrogens with zero attached hydrogens (tertiary/aromatic N) is 2. The number of para-hydroxylation sites is 1. The fourth-order valence-corrected chi connectivity index (χ4v) is 4.73. The Balaban J connectivity index is 1.52. The first-order chi connectivity index (χ1) is 16.2. The van der Waals surface area contributed by atoms with Crippen LogP contribution in [0.4, 0.5) is 0 Å². The Hall–Kier alpha value is -3.16. The Kier molecular flexibility index (Phi) is 6.15. The highest BCUT2D eigenvalue weighted by atomic mass is 16.7. The van der Waals surface area contributed by atoms with Crippen LogP contribution in [-0.4, -0.2) is 62.6 Å². The molecule has 1 aromatic heterocycles. The zero-order chi connectivity index (χ0) is 22.8. The minimum Gasteiger partial charge on any atom is -0.493 e. The normalized spacial score (nSPS) is 19.1. The van der Waals surface area contributed by atoms with E-state index in [1.165, 1.54) is 0 Å². The summed E-state index contributed by atoms with van der Waals surface area (Å²) in [6.45, 7) is 2.60. The molecule has 2 aromatic carbocycles. The van der Waals surface area contributed by atoms with E-state index in [1.54, 1.807) is 14.2 Å². The number of carbonyl (C=O) groups excluding carboxylic acids is 1. The Morgan fingerprint density at radius 1 is 1.03 bits per heavy atom. The van der Waals surface area contributed by atoms with E-state index in [-0.39, 0.29) is 18.1 Å². The monoisotopic (exact) mass is 448 g/mol. The molecule has 3 aromatic rings.